The molecular formula is C16H22N2O. The van der Waals surface area contributed by atoms with Crippen molar-refractivity contribution in [2.75, 3.05) is 13.1 Å². The highest BCUT2D eigenvalue weighted by Crippen LogP contribution is 2.39. The molecule has 1 aliphatic heterocycles. The second kappa shape index (κ2) is 5.04. The summed E-state index contributed by atoms with van der Waals surface area (Å²) in [5.74, 6) is 0.305. The van der Waals surface area contributed by atoms with Crippen LogP contribution >= 0.6 is 0 Å². The predicted octanol–water partition coefficient (Wildman–Crippen LogP) is 2.98. The lowest BCUT2D eigenvalue weighted by molar-refractivity contribution is 0.0626. The second-order valence-electron chi connectivity index (χ2n) is 5.95. The van der Waals surface area contributed by atoms with Crippen LogP contribution < -0.4 is 0 Å². The molecule has 3 nitrogen and oxygen atoms in total. The normalized spacial score (nSPS) is 22.8. The molecule has 0 N–H and O–H groups in total. The quantitative estimate of drug-likeness (QED) is 0.781. The SMILES string of the molecule is Cc1ccc(C(=O)C2(N3CCCC3)CCCC2)cn1. The summed E-state index contributed by atoms with van der Waals surface area (Å²) in [5.41, 5.74) is 1.55. The highest BCUT2D eigenvalue weighted by Gasteiger charge is 2.46. The summed E-state index contributed by atoms with van der Waals surface area (Å²) in [5, 5.41) is 0. The van der Waals surface area contributed by atoms with E-state index in [4.69, 9.17) is 0 Å². The molecule has 1 aromatic rings. The first-order valence-electron chi connectivity index (χ1n) is 7.45. The number of ketones is 1. The van der Waals surface area contributed by atoms with Crippen LogP contribution in [0, 0.1) is 6.92 Å². The number of rotatable bonds is 3. The lowest BCUT2D eigenvalue weighted by Gasteiger charge is -2.37. The van der Waals surface area contributed by atoms with Gasteiger partial charge in [-0.2, -0.15) is 0 Å². The van der Waals surface area contributed by atoms with Gasteiger partial charge in [0.1, 0.15) is 0 Å². The minimum Gasteiger partial charge on any atom is -0.292 e. The average Bonchev–Trinajstić information content (AvgIpc) is 3.10. The van der Waals surface area contributed by atoms with E-state index in [1.54, 1.807) is 6.20 Å². The molecule has 102 valence electrons. The summed E-state index contributed by atoms with van der Waals surface area (Å²) >= 11 is 0. The fourth-order valence-corrected chi connectivity index (χ4v) is 3.66. The first-order chi connectivity index (χ1) is 9.22. The van der Waals surface area contributed by atoms with Gasteiger partial charge in [-0.3, -0.25) is 14.7 Å². The molecule has 0 spiro atoms. The maximum absolute atomic E-state index is 13.0. The zero-order valence-electron chi connectivity index (χ0n) is 11.7. The van der Waals surface area contributed by atoms with E-state index < -0.39 is 0 Å². The van der Waals surface area contributed by atoms with Crippen molar-refractivity contribution in [1.82, 2.24) is 9.88 Å². The number of carbonyl (C=O) groups excluding carboxylic acids is 1. The van der Waals surface area contributed by atoms with Gasteiger partial charge in [-0.05, 0) is 57.8 Å². The largest absolute Gasteiger partial charge is 0.292 e. The van der Waals surface area contributed by atoms with E-state index >= 15 is 0 Å². The molecule has 2 fully saturated rings. The molecule has 0 atom stereocenters. The molecule has 0 aromatic carbocycles. The first-order valence-corrected chi connectivity index (χ1v) is 7.45. The number of nitrogens with zero attached hydrogens (tertiary/aromatic N) is 2. The molecule has 1 aromatic heterocycles. The Labute approximate surface area is 115 Å². The predicted molar refractivity (Wildman–Crippen MR) is 75.3 cm³/mol. The van der Waals surface area contributed by atoms with E-state index in [1.165, 1.54) is 25.7 Å². The molecule has 3 heteroatoms. The highest BCUT2D eigenvalue weighted by atomic mass is 16.1. The zero-order chi connectivity index (χ0) is 13.3. The first kappa shape index (κ1) is 12.8. The summed E-state index contributed by atoms with van der Waals surface area (Å²) in [6, 6.07) is 3.89. The van der Waals surface area contributed by atoms with Crippen LogP contribution in [0.25, 0.3) is 0 Å². The van der Waals surface area contributed by atoms with Crippen molar-refractivity contribution < 1.29 is 4.79 Å². The van der Waals surface area contributed by atoms with Gasteiger partial charge in [-0.25, -0.2) is 0 Å². The smallest absolute Gasteiger partial charge is 0.184 e. The van der Waals surface area contributed by atoms with Crippen LogP contribution in [-0.4, -0.2) is 34.3 Å². The van der Waals surface area contributed by atoms with Crippen LogP contribution in [0.5, 0.6) is 0 Å². The fourth-order valence-electron chi connectivity index (χ4n) is 3.66. The molecule has 3 rings (SSSR count). The summed E-state index contributed by atoms with van der Waals surface area (Å²) < 4.78 is 0. The van der Waals surface area contributed by atoms with Crippen LogP contribution in [0.2, 0.25) is 0 Å². The number of aryl methyl sites for hydroxylation is 1. The number of likely N-dealkylation sites (tertiary alicyclic amines) is 1. The van der Waals surface area contributed by atoms with Crippen molar-refractivity contribution in [3.05, 3.63) is 29.6 Å². The lowest BCUT2D eigenvalue weighted by atomic mass is 9.86. The molecule has 19 heavy (non-hydrogen) atoms. The molecule has 1 saturated carbocycles. The number of carbonyl (C=O) groups is 1. The average molecular weight is 258 g/mol. The zero-order valence-corrected chi connectivity index (χ0v) is 11.7. The third-order valence-electron chi connectivity index (χ3n) is 4.74. The Bertz CT molecular complexity index is 454. The molecule has 2 heterocycles. The summed E-state index contributed by atoms with van der Waals surface area (Å²) in [7, 11) is 0. The molecule has 0 radical (unpaired) electrons. The van der Waals surface area contributed by atoms with Crippen LogP contribution in [0.15, 0.2) is 18.3 Å². The monoisotopic (exact) mass is 258 g/mol. The van der Waals surface area contributed by atoms with Crippen LogP contribution in [0.4, 0.5) is 0 Å². The van der Waals surface area contributed by atoms with Crippen molar-refractivity contribution >= 4 is 5.78 Å². The fraction of sp³-hybridized carbons (Fsp3) is 0.625. The van der Waals surface area contributed by atoms with Gasteiger partial charge in [0.25, 0.3) is 0 Å². The van der Waals surface area contributed by atoms with E-state index in [0.717, 1.165) is 37.2 Å². The van der Waals surface area contributed by atoms with Gasteiger partial charge >= 0.3 is 0 Å². The van der Waals surface area contributed by atoms with Crippen LogP contribution in [-0.2, 0) is 0 Å². The van der Waals surface area contributed by atoms with E-state index in [9.17, 15) is 4.79 Å². The Morgan fingerprint density at radius 2 is 1.84 bits per heavy atom. The molecule has 1 saturated heterocycles. The standard InChI is InChI=1S/C16H22N2O/c1-13-6-7-14(12-17-13)15(19)16(8-2-3-9-16)18-10-4-5-11-18/h6-7,12H,2-5,8-11H2,1H3. The van der Waals surface area contributed by atoms with Crippen molar-refractivity contribution in [2.45, 2.75) is 51.0 Å². The van der Waals surface area contributed by atoms with Crippen molar-refractivity contribution in [1.29, 1.82) is 0 Å². The van der Waals surface area contributed by atoms with Gasteiger partial charge in [0.2, 0.25) is 0 Å². The summed E-state index contributed by atoms with van der Waals surface area (Å²) in [6.07, 6.45) is 8.65. The van der Waals surface area contributed by atoms with E-state index in [-0.39, 0.29) is 5.54 Å². The number of aromatic nitrogens is 1. The van der Waals surface area contributed by atoms with Gasteiger partial charge in [-0.15, -0.1) is 0 Å². The Morgan fingerprint density at radius 3 is 2.42 bits per heavy atom. The van der Waals surface area contributed by atoms with E-state index in [1.807, 2.05) is 19.1 Å². The summed E-state index contributed by atoms with van der Waals surface area (Å²) in [4.78, 5) is 19.7. The number of Topliss-reactive ketones (excluding diaryl/α,β-unsaturated/α-hetero) is 1. The minimum atomic E-state index is -0.215. The molecule has 0 unspecified atom stereocenters. The van der Waals surface area contributed by atoms with Crippen molar-refractivity contribution in [2.24, 2.45) is 0 Å². The topological polar surface area (TPSA) is 33.2 Å². The van der Waals surface area contributed by atoms with Gasteiger partial charge in [0.05, 0.1) is 5.54 Å². The molecular weight excluding hydrogens is 236 g/mol. The second-order valence-corrected chi connectivity index (χ2v) is 5.95. The third kappa shape index (κ3) is 2.20. The van der Waals surface area contributed by atoms with E-state index in [0.29, 0.717) is 5.78 Å². The molecule has 0 amide bonds. The highest BCUT2D eigenvalue weighted by molar-refractivity contribution is 6.03. The number of pyridine rings is 1. The summed E-state index contributed by atoms with van der Waals surface area (Å²) in [6.45, 7) is 4.14. The Hall–Kier alpha value is -1.22. The third-order valence-corrected chi connectivity index (χ3v) is 4.74. The van der Waals surface area contributed by atoms with Gasteiger partial charge in [-0.1, -0.05) is 12.8 Å². The minimum absolute atomic E-state index is 0.215. The van der Waals surface area contributed by atoms with Gasteiger partial charge in [0, 0.05) is 17.5 Å². The van der Waals surface area contributed by atoms with Crippen LogP contribution in [0.3, 0.4) is 0 Å². The van der Waals surface area contributed by atoms with Gasteiger partial charge in [0.15, 0.2) is 5.78 Å². The van der Waals surface area contributed by atoms with Crippen molar-refractivity contribution in [3.8, 4) is 0 Å². The van der Waals surface area contributed by atoms with Crippen LogP contribution in [0.1, 0.15) is 54.6 Å². The Kier molecular flexibility index (Phi) is 3.40. The Morgan fingerprint density at radius 1 is 1.16 bits per heavy atom. The van der Waals surface area contributed by atoms with Gasteiger partial charge < -0.3 is 0 Å². The molecule has 1 aliphatic carbocycles. The lowest BCUT2D eigenvalue weighted by Crippen LogP contribution is -2.51. The van der Waals surface area contributed by atoms with Crippen molar-refractivity contribution in [3.63, 3.8) is 0 Å². The molecule has 2 aliphatic rings. The number of hydrogen-bond donors (Lipinski definition) is 0. The Balaban J connectivity index is 1.91. The number of hydrogen-bond acceptors (Lipinski definition) is 3. The molecule has 0 bridgehead atoms. The van der Waals surface area contributed by atoms with E-state index in [2.05, 4.69) is 9.88 Å². The maximum Gasteiger partial charge on any atom is 0.184 e. The maximum atomic E-state index is 13.0.